The first-order valence-electron chi connectivity index (χ1n) is 10.3. The SMILES string of the molecule is O=C(NC(Cc1ccccc1)c1ccccc1)C(c1ccccc1)c1ccccc1. The lowest BCUT2D eigenvalue weighted by atomic mass is 9.89. The summed E-state index contributed by atoms with van der Waals surface area (Å²) < 4.78 is 0. The standard InChI is InChI=1S/C28H25NO/c30-28(27(24-17-9-3-10-18-24)25-19-11-4-12-20-25)29-26(23-15-7-2-8-16-23)21-22-13-5-1-6-14-22/h1-20,26-27H,21H2,(H,29,30). The average Bonchev–Trinajstić information content (AvgIpc) is 2.81. The number of hydrogen-bond donors (Lipinski definition) is 1. The summed E-state index contributed by atoms with van der Waals surface area (Å²) in [5.74, 6) is -0.341. The van der Waals surface area contributed by atoms with Crippen molar-refractivity contribution < 1.29 is 4.79 Å². The first kappa shape index (κ1) is 19.7. The third-order valence-corrected chi connectivity index (χ3v) is 5.33. The van der Waals surface area contributed by atoms with E-state index in [2.05, 4.69) is 29.6 Å². The van der Waals surface area contributed by atoms with Crippen molar-refractivity contribution in [2.45, 2.75) is 18.4 Å². The van der Waals surface area contributed by atoms with Crippen LogP contribution < -0.4 is 5.32 Å². The van der Waals surface area contributed by atoms with Gasteiger partial charge in [0.25, 0.3) is 0 Å². The molecule has 4 aromatic carbocycles. The molecule has 0 saturated carbocycles. The molecule has 0 radical (unpaired) electrons. The molecule has 2 nitrogen and oxygen atoms in total. The van der Waals surface area contributed by atoms with E-state index < -0.39 is 0 Å². The second-order valence-corrected chi connectivity index (χ2v) is 7.42. The number of benzene rings is 4. The van der Waals surface area contributed by atoms with Crippen molar-refractivity contribution in [3.05, 3.63) is 144 Å². The molecule has 1 amide bonds. The van der Waals surface area contributed by atoms with E-state index in [1.807, 2.05) is 97.1 Å². The van der Waals surface area contributed by atoms with E-state index in [1.54, 1.807) is 0 Å². The summed E-state index contributed by atoms with van der Waals surface area (Å²) in [7, 11) is 0. The first-order valence-corrected chi connectivity index (χ1v) is 10.3. The molecule has 4 aromatic rings. The van der Waals surface area contributed by atoms with Crippen molar-refractivity contribution in [1.82, 2.24) is 5.32 Å². The van der Waals surface area contributed by atoms with Crippen LogP contribution in [0.5, 0.6) is 0 Å². The molecular weight excluding hydrogens is 366 g/mol. The fourth-order valence-electron chi connectivity index (χ4n) is 3.83. The molecule has 0 aliphatic rings. The molecule has 0 saturated heterocycles. The molecular formula is C28H25NO. The molecule has 0 aliphatic heterocycles. The summed E-state index contributed by atoms with van der Waals surface area (Å²) in [6.45, 7) is 0. The van der Waals surface area contributed by atoms with Gasteiger partial charge in [-0.15, -0.1) is 0 Å². The molecule has 0 aromatic heterocycles. The Morgan fingerprint density at radius 3 is 1.43 bits per heavy atom. The second kappa shape index (κ2) is 9.71. The van der Waals surface area contributed by atoms with E-state index in [1.165, 1.54) is 5.56 Å². The van der Waals surface area contributed by atoms with Crippen LogP contribution in [0.1, 0.15) is 34.2 Å². The van der Waals surface area contributed by atoms with E-state index in [0.29, 0.717) is 0 Å². The molecule has 4 rings (SSSR count). The molecule has 0 bridgehead atoms. The van der Waals surface area contributed by atoms with Crippen molar-refractivity contribution in [2.75, 3.05) is 0 Å². The minimum Gasteiger partial charge on any atom is -0.348 e. The highest BCUT2D eigenvalue weighted by atomic mass is 16.1. The maximum atomic E-state index is 13.6. The Morgan fingerprint density at radius 2 is 0.967 bits per heavy atom. The molecule has 1 N–H and O–H groups in total. The average molecular weight is 392 g/mol. The lowest BCUT2D eigenvalue weighted by Crippen LogP contribution is -2.34. The molecule has 148 valence electrons. The Kier molecular flexibility index (Phi) is 6.36. The maximum Gasteiger partial charge on any atom is 0.232 e. The topological polar surface area (TPSA) is 29.1 Å². The summed E-state index contributed by atoms with van der Waals surface area (Å²) in [5, 5.41) is 3.34. The lowest BCUT2D eigenvalue weighted by Gasteiger charge is -2.24. The van der Waals surface area contributed by atoms with Crippen LogP contribution in [0.25, 0.3) is 0 Å². The van der Waals surface area contributed by atoms with Gasteiger partial charge in [0.2, 0.25) is 5.91 Å². The zero-order valence-electron chi connectivity index (χ0n) is 16.8. The van der Waals surface area contributed by atoms with Crippen molar-refractivity contribution in [3.63, 3.8) is 0 Å². The highest BCUT2D eigenvalue weighted by Crippen LogP contribution is 2.27. The normalized spacial score (nSPS) is 11.8. The van der Waals surface area contributed by atoms with E-state index in [9.17, 15) is 4.79 Å². The van der Waals surface area contributed by atoms with Gasteiger partial charge in [0.15, 0.2) is 0 Å². The second-order valence-electron chi connectivity index (χ2n) is 7.42. The van der Waals surface area contributed by atoms with E-state index in [-0.39, 0.29) is 17.9 Å². The molecule has 0 fully saturated rings. The van der Waals surface area contributed by atoms with Gasteiger partial charge in [-0.25, -0.2) is 0 Å². The first-order chi connectivity index (χ1) is 14.8. The number of carbonyl (C=O) groups is 1. The van der Waals surface area contributed by atoms with E-state index in [4.69, 9.17) is 0 Å². The van der Waals surface area contributed by atoms with Gasteiger partial charge in [-0.3, -0.25) is 4.79 Å². The minimum absolute atomic E-state index is 0.0113. The van der Waals surface area contributed by atoms with Crippen LogP contribution in [-0.2, 0) is 11.2 Å². The summed E-state index contributed by atoms with van der Waals surface area (Å²) in [6.07, 6.45) is 0.743. The Bertz CT molecular complexity index is 1010. The van der Waals surface area contributed by atoms with Gasteiger partial charge in [0.1, 0.15) is 0 Å². The molecule has 2 heteroatoms. The van der Waals surface area contributed by atoms with Gasteiger partial charge in [-0.1, -0.05) is 121 Å². The van der Waals surface area contributed by atoms with Crippen molar-refractivity contribution in [2.24, 2.45) is 0 Å². The van der Waals surface area contributed by atoms with Gasteiger partial charge in [0.05, 0.1) is 12.0 Å². The summed E-state index contributed by atoms with van der Waals surface area (Å²) >= 11 is 0. The number of hydrogen-bond acceptors (Lipinski definition) is 1. The predicted octanol–water partition coefficient (Wildman–Crippen LogP) is 5.92. The van der Waals surface area contributed by atoms with Crippen LogP contribution in [0, 0.1) is 0 Å². The Morgan fingerprint density at radius 1 is 0.567 bits per heavy atom. The Labute approximate surface area is 178 Å². The van der Waals surface area contributed by atoms with Gasteiger partial charge >= 0.3 is 0 Å². The van der Waals surface area contributed by atoms with Crippen molar-refractivity contribution >= 4 is 5.91 Å². The lowest BCUT2D eigenvalue weighted by molar-refractivity contribution is -0.122. The zero-order chi connectivity index (χ0) is 20.6. The number of nitrogens with one attached hydrogen (secondary N) is 1. The van der Waals surface area contributed by atoms with Gasteiger partial charge < -0.3 is 5.32 Å². The van der Waals surface area contributed by atoms with Crippen LogP contribution in [0.15, 0.2) is 121 Å². The van der Waals surface area contributed by atoms with Gasteiger partial charge in [-0.2, -0.15) is 0 Å². The van der Waals surface area contributed by atoms with Crippen LogP contribution in [0.3, 0.4) is 0 Å². The van der Waals surface area contributed by atoms with Crippen LogP contribution in [0.4, 0.5) is 0 Å². The van der Waals surface area contributed by atoms with Crippen LogP contribution >= 0.6 is 0 Å². The van der Waals surface area contributed by atoms with E-state index >= 15 is 0 Å². The van der Waals surface area contributed by atoms with E-state index in [0.717, 1.165) is 23.1 Å². The molecule has 30 heavy (non-hydrogen) atoms. The fraction of sp³-hybridized carbons (Fsp3) is 0.107. The number of carbonyl (C=O) groups excluding carboxylic acids is 1. The quantitative estimate of drug-likeness (QED) is 0.416. The molecule has 1 atom stereocenters. The van der Waals surface area contributed by atoms with Crippen molar-refractivity contribution in [1.29, 1.82) is 0 Å². The molecule has 0 spiro atoms. The monoisotopic (exact) mass is 391 g/mol. The van der Waals surface area contributed by atoms with Crippen molar-refractivity contribution in [3.8, 4) is 0 Å². The van der Waals surface area contributed by atoms with Gasteiger partial charge in [0, 0.05) is 0 Å². The highest BCUT2D eigenvalue weighted by molar-refractivity contribution is 5.87. The summed E-state index contributed by atoms with van der Waals surface area (Å²) in [5.41, 5.74) is 4.29. The molecule has 1 unspecified atom stereocenters. The third kappa shape index (κ3) is 4.84. The third-order valence-electron chi connectivity index (χ3n) is 5.33. The predicted molar refractivity (Wildman–Crippen MR) is 122 cm³/mol. The van der Waals surface area contributed by atoms with Crippen LogP contribution in [0.2, 0.25) is 0 Å². The minimum atomic E-state index is -0.352. The number of rotatable bonds is 7. The Balaban J connectivity index is 1.65. The molecule has 0 heterocycles. The number of amides is 1. The Hall–Kier alpha value is -3.65. The zero-order valence-corrected chi connectivity index (χ0v) is 16.8. The highest BCUT2D eigenvalue weighted by Gasteiger charge is 2.25. The summed E-state index contributed by atoms with van der Waals surface area (Å²) in [6, 6.07) is 40.4. The summed E-state index contributed by atoms with van der Waals surface area (Å²) in [4.78, 5) is 13.6. The van der Waals surface area contributed by atoms with Gasteiger partial charge in [-0.05, 0) is 28.7 Å². The van der Waals surface area contributed by atoms with Crippen LogP contribution in [-0.4, -0.2) is 5.91 Å². The smallest absolute Gasteiger partial charge is 0.232 e. The largest absolute Gasteiger partial charge is 0.348 e. The maximum absolute atomic E-state index is 13.6. The molecule has 0 aliphatic carbocycles. The fourth-order valence-corrected chi connectivity index (χ4v) is 3.83.